The highest BCUT2D eigenvalue weighted by atomic mass is 19.1. The van der Waals surface area contributed by atoms with Crippen molar-refractivity contribution in [2.75, 3.05) is 13.2 Å². The monoisotopic (exact) mass is 161 g/mol. The van der Waals surface area contributed by atoms with Gasteiger partial charge in [-0.05, 0) is 6.92 Å². The van der Waals surface area contributed by atoms with Gasteiger partial charge in [0.15, 0.2) is 5.78 Å². The van der Waals surface area contributed by atoms with Crippen LogP contribution in [0.1, 0.15) is 13.3 Å². The summed E-state index contributed by atoms with van der Waals surface area (Å²) in [5.41, 5.74) is 4.11. The summed E-state index contributed by atoms with van der Waals surface area (Å²) in [7, 11) is 0. The molecular formula is C7H12FNO2. The summed E-state index contributed by atoms with van der Waals surface area (Å²) >= 11 is 0. The van der Waals surface area contributed by atoms with Gasteiger partial charge in [0.05, 0.1) is 6.61 Å². The first kappa shape index (κ1) is 8.62. The first-order valence-corrected chi connectivity index (χ1v) is 3.59. The maximum Gasteiger partial charge on any atom is 0.154 e. The number of hydrogen-bond donors (Lipinski definition) is 1. The topological polar surface area (TPSA) is 52.3 Å². The summed E-state index contributed by atoms with van der Waals surface area (Å²) < 4.78 is 18.0. The lowest BCUT2D eigenvalue weighted by atomic mass is 9.88. The molecule has 1 heterocycles. The minimum Gasteiger partial charge on any atom is -0.379 e. The van der Waals surface area contributed by atoms with Gasteiger partial charge in [0.2, 0.25) is 0 Å². The molecule has 1 fully saturated rings. The molecule has 0 radical (unpaired) electrons. The van der Waals surface area contributed by atoms with Crippen molar-refractivity contribution >= 4 is 5.78 Å². The lowest BCUT2D eigenvalue weighted by Crippen LogP contribution is -2.60. The highest BCUT2D eigenvalue weighted by Gasteiger charge is 2.42. The van der Waals surface area contributed by atoms with Crippen molar-refractivity contribution in [3.8, 4) is 0 Å². The average molecular weight is 161 g/mol. The Kier molecular flexibility index (Phi) is 2.25. The number of hydrogen-bond acceptors (Lipinski definition) is 3. The van der Waals surface area contributed by atoms with Gasteiger partial charge in [0, 0.05) is 13.0 Å². The fourth-order valence-corrected chi connectivity index (χ4v) is 1.10. The van der Waals surface area contributed by atoms with E-state index < -0.39 is 11.7 Å². The molecule has 1 saturated heterocycles. The third kappa shape index (κ3) is 1.41. The molecule has 1 rings (SSSR count). The summed E-state index contributed by atoms with van der Waals surface area (Å²) in [5, 5.41) is 0. The number of halogens is 1. The molecule has 11 heavy (non-hydrogen) atoms. The van der Waals surface area contributed by atoms with Crippen molar-refractivity contribution in [3.05, 3.63) is 0 Å². The van der Waals surface area contributed by atoms with E-state index in [0.717, 1.165) is 0 Å². The average Bonchev–Trinajstić information content (AvgIpc) is 1.95. The summed E-state index contributed by atoms with van der Waals surface area (Å²) in [4.78, 5) is 10.9. The maximum absolute atomic E-state index is 13.1. The van der Waals surface area contributed by atoms with E-state index in [1.807, 2.05) is 0 Å². The molecule has 2 N–H and O–H groups in total. The number of ether oxygens (including phenoxy) is 1. The minimum absolute atomic E-state index is 0.00347. The fraction of sp³-hybridized carbons (Fsp3) is 0.857. The second-order valence-electron chi connectivity index (χ2n) is 2.91. The Morgan fingerprint density at radius 1 is 1.82 bits per heavy atom. The van der Waals surface area contributed by atoms with E-state index in [1.165, 1.54) is 6.92 Å². The van der Waals surface area contributed by atoms with Crippen LogP contribution in [-0.2, 0) is 9.53 Å². The molecule has 0 amide bonds. The normalized spacial score (nSPS) is 38.6. The molecule has 1 aliphatic heterocycles. The predicted octanol–water partition coefficient (Wildman–Crippen LogP) is 0.0313. The van der Waals surface area contributed by atoms with Crippen molar-refractivity contribution in [3.63, 3.8) is 0 Å². The molecular weight excluding hydrogens is 149 g/mol. The van der Waals surface area contributed by atoms with Crippen LogP contribution in [0.3, 0.4) is 0 Å². The van der Waals surface area contributed by atoms with E-state index in [9.17, 15) is 9.18 Å². The quantitative estimate of drug-likeness (QED) is 0.590. The molecule has 0 spiro atoms. The first-order chi connectivity index (χ1) is 5.07. The molecule has 0 aromatic carbocycles. The van der Waals surface area contributed by atoms with Crippen molar-refractivity contribution in [1.29, 1.82) is 0 Å². The molecule has 1 aliphatic rings. The molecule has 0 aromatic rings. The third-order valence-electron chi connectivity index (χ3n) is 2.07. The van der Waals surface area contributed by atoms with Crippen LogP contribution >= 0.6 is 0 Å². The van der Waals surface area contributed by atoms with Crippen LogP contribution in [0.5, 0.6) is 0 Å². The molecule has 4 heteroatoms. The lowest BCUT2D eigenvalue weighted by Gasteiger charge is -2.33. The molecule has 0 aromatic heterocycles. The Labute approximate surface area is 64.7 Å². The van der Waals surface area contributed by atoms with Gasteiger partial charge in [-0.25, -0.2) is 4.39 Å². The highest BCUT2D eigenvalue weighted by Crippen LogP contribution is 2.21. The maximum atomic E-state index is 13.1. The van der Waals surface area contributed by atoms with Gasteiger partial charge in [-0.2, -0.15) is 0 Å². The van der Waals surface area contributed by atoms with Gasteiger partial charge >= 0.3 is 0 Å². The molecule has 0 aliphatic carbocycles. The van der Waals surface area contributed by atoms with E-state index in [1.54, 1.807) is 0 Å². The highest BCUT2D eigenvalue weighted by molar-refractivity contribution is 5.86. The number of ketones is 1. The summed E-state index contributed by atoms with van der Waals surface area (Å²) in [6.07, 6.45) is -1.04. The van der Waals surface area contributed by atoms with Crippen LogP contribution in [0.2, 0.25) is 0 Å². The first-order valence-electron chi connectivity index (χ1n) is 3.59. The van der Waals surface area contributed by atoms with Gasteiger partial charge in [0.25, 0.3) is 0 Å². The Balaban J connectivity index is 2.72. The standard InChI is InChI=1S/C7H12FNO2/c1-5(10)7(9)4-11-3-2-6(7)8/h6H,2-4,9H2,1H3. The van der Waals surface area contributed by atoms with Crippen molar-refractivity contribution in [2.45, 2.75) is 25.1 Å². The number of carbonyl (C=O) groups excluding carboxylic acids is 1. The van der Waals surface area contributed by atoms with E-state index >= 15 is 0 Å². The number of carbonyl (C=O) groups is 1. The van der Waals surface area contributed by atoms with Gasteiger partial charge in [-0.1, -0.05) is 0 Å². The minimum atomic E-state index is -1.39. The van der Waals surface area contributed by atoms with Crippen molar-refractivity contribution in [2.24, 2.45) is 5.73 Å². The number of Topliss-reactive ketones (excluding diaryl/α,β-unsaturated/α-hetero) is 1. The summed E-state index contributed by atoms with van der Waals surface area (Å²) in [5.74, 6) is -0.343. The zero-order chi connectivity index (χ0) is 8.48. The zero-order valence-electron chi connectivity index (χ0n) is 6.47. The Bertz CT molecular complexity index is 174. The van der Waals surface area contributed by atoms with Gasteiger partial charge in [0.1, 0.15) is 11.7 Å². The number of alkyl halides is 1. The molecule has 3 nitrogen and oxygen atoms in total. The predicted molar refractivity (Wildman–Crippen MR) is 37.9 cm³/mol. The Hall–Kier alpha value is -0.480. The third-order valence-corrected chi connectivity index (χ3v) is 2.07. The smallest absolute Gasteiger partial charge is 0.154 e. The Morgan fingerprint density at radius 3 is 2.82 bits per heavy atom. The SMILES string of the molecule is CC(=O)C1(N)COCCC1F. The number of rotatable bonds is 1. The van der Waals surface area contributed by atoms with Gasteiger partial charge in [-0.3, -0.25) is 4.79 Å². The fourth-order valence-electron chi connectivity index (χ4n) is 1.10. The van der Waals surface area contributed by atoms with Crippen LogP contribution in [0.25, 0.3) is 0 Å². The Morgan fingerprint density at radius 2 is 2.45 bits per heavy atom. The van der Waals surface area contributed by atoms with Crippen LogP contribution in [-0.4, -0.2) is 30.7 Å². The summed E-state index contributed by atoms with van der Waals surface area (Å²) in [6.45, 7) is 1.65. The molecule has 2 atom stereocenters. The molecule has 64 valence electrons. The van der Waals surface area contributed by atoms with E-state index in [2.05, 4.69) is 0 Å². The largest absolute Gasteiger partial charge is 0.379 e. The molecule has 0 saturated carbocycles. The number of nitrogens with two attached hydrogens (primary N) is 1. The zero-order valence-corrected chi connectivity index (χ0v) is 6.47. The van der Waals surface area contributed by atoms with Crippen LogP contribution in [0, 0.1) is 0 Å². The lowest BCUT2D eigenvalue weighted by molar-refractivity contribution is -0.131. The van der Waals surface area contributed by atoms with Crippen molar-refractivity contribution < 1.29 is 13.9 Å². The van der Waals surface area contributed by atoms with Crippen molar-refractivity contribution in [1.82, 2.24) is 0 Å². The molecule has 0 bridgehead atoms. The molecule has 2 unspecified atom stereocenters. The summed E-state index contributed by atoms with van der Waals surface area (Å²) in [6, 6.07) is 0. The second-order valence-corrected chi connectivity index (χ2v) is 2.91. The van der Waals surface area contributed by atoms with E-state index in [-0.39, 0.29) is 18.8 Å². The van der Waals surface area contributed by atoms with Crippen LogP contribution in [0.15, 0.2) is 0 Å². The van der Waals surface area contributed by atoms with Gasteiger partial charge in [-0.15, -0.1) is 0 Å². The van der Waals surface area contributed by atoms with Crippen LogP contribution in [0.4, 0.5) is 4.39 Å². The second kappa shape index (κ2) is 2.87. The van der Waals surface area contributed by atoms with Crippen LogP contribution < -0.4 is 5.73 Å². The van der Waals surface area contributed by atoms with E-state index in [4.69, 9.17) is 10.5 Å². The van der Waals surface area contributed by atoms with E-state index in [0.29, 0.717) is 6.61 Å². The van der Waals surface area contributed by atoms with Gasteiger partial charge < -0.3 is 10.5 Å².